The SMILES string of the molecule is O=C(NC[C@H](c1ccco1)S(=O)(=O)c1ccccc1)c1ccc([N+](=O)[O-])cc1. The zero-order chi connectivity index (χ0) is 20.1. The van der Waals surface area contributed by atoms with Gasteiger partial charge in [0.2, 0.25) is 0 Å². The molecular formula is C19H16N2O6S. The van der Waals surface area contributed by atoms with Crippen LogP contribution in [0.1, 0.15) is 21.4 Å². The van der Waals surface area contributed by atoms with Gasteiger partial charge in [-0.15, -0.1) is 0 Å². The summed E-state index contributed by atoms with van der Waals surface area (Å²) >= 11 is 0. The number of hydrogen-bond donors (Lipinski definition) is 1. The predicted octanol–water partition coefficient (Wildman–Crippen LogP) is 3.13. The van der Waals surface area contributed by atoms with Crippen LogP contribution in [0.4, 0.5) is 5.69 Å². The summed E-state index contributed by atoms with van der Waals surface area (Å²) in [6, 6.07) is 16.0. The van der Waals surface area contributed by atoms with Gasteiger partial charge in [-0.25, -0.2) is 8.42 Å². The highest BCUT2D eigenvalue weighted by molar-refractivity contribution is 7.91. The molecule has 0 unspecified atom stereocenters. The molecular weight excluding hydrogens is 384 g/mol. The van der Waals surface area contributed by atoms with Crippen LogP contribution in [0.2, 0.25) is 0 Å². The minimum absolute atomic E-state index is 0.112. The van der Waals surface area contributed by atoms with Crippen LogP contribution >= 0.6 is 0 Å². The number of hydrogen-bond acceptors (Lipinski definition) is 6. The summed E-state index contributed by atoms with van der Waals surface area (Å²) in [5.41, 5.74) is 0.0394. The second-order valence-electron chi connectivity index (χ2n) is 5.88. The summed E-state index contributed by atoms with van der Waals surface area (Å²) in [5, 5.41) is 12.1. The Labute approximate surface area is 160 Å². The number of rotatable bonds is 7. The van der Waals surface area contributed by atoms with Gasteiger partial charge in [-0.05, 0) is 36.4 Å². The second kappa shape index (κ2) is 8.05. The third kappa shape index (κ3) is 4.09. The highest BCUT2D eigenvalue weighted by Crippen LogP contribution is 2.28. The van der Waals surface area contributed by atoms with E-state index in [0.29, 0.717) is 0 Å². The fraction of sp³-hybridized carbons (Fsp3) is 0.105. The van der Waals surface area contributed by atoms with E-state index in [1.54, 1.807) is 24.3 Å². The van der Waals surface area contributed by atoms with Crippen molar-refractivity contribution in [3.63, 3.8) is 0 Å². The van der Waals surface area contributed by atoms with Gasteiger partial charge >= 0.3 is 0 Å². The van der Waals surface area contributed by atoms with Crippen molar-refractivity contribution in [1.29, 1.82) is 0 Å². The van der Waals surface area contributed by atoms with E-state index >= 15 is 0 Å². The van der Waals surface area contributed by atoms with Gasteiger partial charge in [-0.1, -0.05) is 18.2 Å². The monoisotopic (exact) mass is 400 g/mol. The van der Waals surface area contributed by atoms with Crippen molar-refractivity contribution in [2.45, 2.75) is 10.1 Å². The number of benzene rings is 2. The van der Waals surface area contributed by atoms with E-state index in [1.165, 1.54) is 48.7 Å². The molecule has 0 spiro atoms. The fourth-order valence-corrected chi connectivity index (χ4v) is 4.24. The van der Waals surface area contributed by atoms with Gasteiger partial charge in [0.1, 0.15) is 11.0 Å². The van der Waals surface area contributed by atoms with Gasteiger partial charge in [0, 0.05) is 24.2 Å². The van der Waals surface area contributed by atoms with Crippen molar-refractivity contribution in [2.75, 3.05) is 6.54 Å². The highest BCUT2D eigenvalue weighted by atomic mass is 32.2. The molecule has 1 aromatic heterocycles. The lowest BCUT2D eigenvalue weighted by Gasteiger charge is -2.16. The Hall–Kier alpha value is -3.46. The number of carbonyl (C=O) groups excluding carboxylic acids is 1. The molecule has 8 nitrogen and oxygen atoms in total. The first kappa shape index (κ1) is 19.3. The molecule has 3 aromatic rings. The van der Waals surface area contributed by atoms with Crippen molar-refractivity contribution in [3.8, 4) is 0 Å². The average molecular weight is 400 g/mol. The third-order valence-electron chi connectivity index (χ3n) is 4.10. The topological polar surface area (TPSA) is 120 Å². The fourth-order valence-electron chi connectivity index (χ4n) is 2.63. The standard InChI is InChI=1S/C19H16N2O6S/c22-19(14-8-10-15(11-9-14)21(23)24)20-13-18(17-7-4-12-27-17)28(25,26)16-5-2-1-3-6-16/h1-12,18H,13H2,(H,20,22)/t18-/m1/s1. The molecule has 0 saturated heterocycles. The summed E-state index contributed by atoms with van der Waals surface area (Å²) in [6.45, 7) is -0.222. The van der Waals surface area contributed by atoms with Crippen molar-refractivity contribution in [1.82, 2.24) is 5.32 Å². The first-order chi connectivity index (χ1) is 13.4. The molecule has 0 radical (unpaired) electrons. The van der Waals surface area contributed by atoms with Crippen LogP contribution in [0.15, 0.2) is 82.3 Å². The molecule has 144 valence electrons. The Balaban J connectivity index is 1.81. The zero-order valence-corrected chi connectivity index (χ0v) is 15.3. The number of amides is 1. The van der Waals surface area contributed by atoms with E-state index in [0.717, 1.165) is 0 Å². The van der Waals surface area contributed by atoms with Crippen LogP contribution in [0.5, 0.6) is 0 Å². The summed E-state index contributed by atoms with van der Waals surface area (Å²) in [5.74, 6) is -0.345. The van der Waals surface area contributed by atoms with Crippen LogP contribution in [0.3, 0.4) is 0 Å². The smallest absolute Gasteiger partial charge is 0.269 e. The van der Waals surface area contributed by atoms with Gasteiger partial charge in [-0.3, -0.25) is 14.9 Å². The second-order valence-corrected chi connectivity index (χ2v) is 8.01. The van der Waals surface area contributed by atoms with Crippen LogP contribution in [0, 0.1) is 10.1 Å². The number of carbonyl (C=O) groups is 1. The molecule has 0 aliphatic heterocycles. The molecule has 0 saturated carbocycles. The van der Waals surface area contributed by atoms with Crippen molar-refractivity contribution in [3.05, 3.63) is 94.4 Å². The minimum Gasteiger partial charge on any atom is -0.468 e. The molecule has 1 amide bonds. The number of nitro benzene ring substituents is 1. The lowest BCUT2D eigenvalue weighted by atomic mass is 10.2. The van der Waals surface area contributed by atoms with E-state index in [1.807, 2.05) is 0 Å². The molecule has 9 heteroatoms. The van der Waals surface area contributed by atoms with E-state index in [2.05, 4.69) is 5.32 Å². The molecule has 2 aromatic carbocycles. The summed E-state index contributed by atoms with van der Waals surface area (Å²) in [4.78, 5) is 22.6. The Morgan fingerprint density at radius 2 is 1.71 bits per heavy atom. The molecule has 0 aliphatic rings. The predicted molar refractivity (Wildman–Crippen MR) is 101 cm³/mol. The van der Waals surface area contributed by atoms with Crippen LogP contribution in [-0.4, -0.2) is 25.8 Å². The summed E-state index contributed by atoms with van der Waals surface area (Å²) < 4.78 is 31.3. The first-order valence-electron chi connectivity index (χ1n) is 8.24. The lowest BCUT2D eigenvalue weighted by molar-refractivity contribution is -0.384. The van der Waals surface area contributed by atoms with Gasteiger partial charge in [0.15, 0.2) is 9.84 Å². The van der Waals surface area contributed by atoms with E-state index in [9.17, 15) is 23.3 Å². The van der Waals surface area contributed by atoms with Crippen molar-refractivity contribution < 1.29 is 22.6 Å². The molecule has 0 fully saturated rings. The van der Waals surface area contributed by atoms with Crippen molar-refractivity contribution in [2.24, 2.45) is 0 Å². The van der Waals surface area contributed by atoms with Gasteiger partial charge in [-0.2, -0.15) is 0 Å². The Morgan fingerprint density at radius 3 is 2.29 bits per heavy atom. The van der Waals surface area contributed by atoms with Crippen molar-refractivity contribution >= 4 is 21.4 Å². The number of sulfone groups is 1. The molecule has 0 aliphatic carbocycles. The largest absolute Gasteiger partial charge is 0.468 e. The number of non-ortho nitro benzene ring substituents is 1. The van der Waals surface area contributed by atoms with E-state index in [4.69, 9.17) is 4.42 Å². The first-order valence-corrected chi connectivity index (χ1v) is 9.79. The molecule has 28 heavy (non-hydrogen) atoms. The van der Waals surface area contributed by atoms with Crippen LogP contribution in [-0.2, 0) is 9.84 Å². The van der Waals surface area contributed by atoms with Gasteiger partial charge in [0.05, 0.1) is 16.1 Å². The Bertz CT molecular complexity index is 1060. The molecule has 3 rings (SSSR count). The molecule has 1 atom stereocenters. The molecule has 1 heterocycles. The highest BCUT2D eigenvalue weighted by Gasteiger charge is 2.31. The lowest BCUT2D eigenvalue weighted by Crippen LogP contribution is -2.31. The number of nitrogens with zero attached hydrogens (tertiary/aromatic N) is 1. The Morgan fingerprint density at radius 1 is 1.04 bits per heavy atom. The maximum atomic E-state index is 13.0. The quantitative estimate of drug-likeness (QED) is 0.481. The molecule has 0 bridgehead atoms. The number of nitrogens with one attached hydrogen (secondary N) is 1. The maximum absolute atomic E-state index is 13.0. The Kier molecular flexibility index (Phi) is 5.55. The number of furan rings is 1. The minimum atomic E-state index is -3.82. The van der Waals surface area contributed by atoms with E-state index < -0.39 is 25.9 Å². The van der Waals surface area contributed by atoms with E-state index in [-0.39, 0.29) is 28.5 Å². The molecule has 1 N–H and O–H groups in total. The third-order valence-corrected chi connectivity index (χ3v) is 6.17. The van der Waals surface area contributed by atoms with Gasteiger partial charge in [0.25, 0.3) is 11.6 Å². The number of nitro groups is 1. The summed E-state index contributed by atoms with van der Waals surface area (Å²) in [7, 11) is -3.82. The summed E-state index contributed by atoms with van der Waals surface area (Å²) in [6.07, 6.45) is 1.36. The average Bonchev–Trinajstić information content (AvgIpc) is 3.23. The van der Waals surface area contributed by atoms with Crippen LogP contribution in [0.25, 0.3) is 0 Å². The zero-order valence-electron chi connectivity index (χ0n) is 14.5. The van der Waals surface area contributed by atoms with Gasteiger partial charge < -0.3 is 9.73 Å². The maximum Gasteiger partial charge on any atom is 0.269 e. The van der Waals surface area contributed by atoms with Crippen LogP contribution < -0.4 is 5.32 Å². The normalized spacial score (nSPS) is 12.3.